The van der Waals surface area contributed by atoms with Crippen LogP contribution in [-0.2, 0) is 11.2 Å². The smallest absolute Gasteiger partial charge is 0.0584 e. The van der Waals surface area contributed by atoms with Crippen LogP contribution in [0.2, 0.25) is 5.02 Å². The van der Waals surface area contributed by atoms with Crippen molar-refractivity contribution in [1.82, 2.24) is 0 Å². The molecule has 0 aromatic heterocycles. The lowest BCUT2D eigenvalue weighted by Crippen LogP contribution is -2.16. The summed E-state index contributed by atoms with van der Waals surface area (Å²) in [6.07, 6.45) is 2.35. The highest BCUT2D eigenvalue weighted by atomic mass is 35.5. The molecule has 0 aliphatic carbocycles. The standard InChI is InChI=1S/C13H17ClO2/c14-12-3-1-10(2-4-12)7-13(15)8-11-5-6-16-9-11/h1-4,11,13,15H,5-9H2. The zero-order chi connectivity index (χ0) is 11.4. The van der Waals surface area contributed by atoms with E-state index in [1.165, 1.54) is 0 Å². The number of benzene rings is 1. The summed E-state index contributed by atoms with van der Waals surface area (Å²) < 4.78 is 5.30. The number of ether oxygens (including phenoxy) is 1. The average Bonchev–Trinajstić information content (AvgIpc) is 2.74. The van der Waals surface area contributed by atoms with Gasteiger partial charge in [0.2, 0.25) is 0 Å². The van der Waals surface area contributed by atoms with Crippen LogP contribution >= 0.6 is 11.6 Å². The van der Waals surface area contributed by atoms with Gasteiger partial charge >= 0.3 is 0 Å². The predicted molar refractivity (Wildman–Crippen MR) is 64.7 cm³/mol. The summed E-state index contributed by atoms with van der Waals surface area (Å²) in [6.45, 7) is 1.65. The normalized spacial score (nSPS) is 22.2. The van der Waals surface area contributed by atoms with Crippen LogP contribution in [-0.4, -0.2) is 24.4 Å². The first-order valence-corrected chi connectivity index (χ1v) is 6.12. The van der Waals surface area contributed by atoms with E-state index in [9.17, 15) is 5.11 Å². The highest BCUT2D eigenvalue weighted by Gasteiger charge is 2.19. The van der Waals surface area contributed by atoms with E-state index >= 15 is 0 Å². The Morgan fingerprint density at radius 1 is 1.38 bits per heavy atom. The van der Waals surface area contributed by atoms with Crippen LogP contribution < -0.4 is 0 Å². The Bertz CT molecular complexity index is 317. The molecule has 2 rings (SSSR count). The molecule has 0 amide bonds. The fourth-order valence-corrected chi connectivity index (χ4v) is 2.26. The monoisotopic (exact) mass is 240 g/mol. The number of hydrogen-bond acceptors (Lipinski definition) is 2. The van der Waals surface area contributed by atoms with Crippen molar-refractivity contribution in [3.63, 3.8) is 0 Å². The minimum Gasteiger partial charge on any atom is -0.393 e. The highest BCUT2D eigenvalue weighted by Crippen LogP contribution is 2.20. The molecule has 1 N–H and O–H groups in total. The van der Waals surface area contributed by atoms with Gasteiger partial charge in [0, 0.05) is 18.2 Å². The van der Waals surface area contributed by atoms with Gasteiger partial charge in [-0.25, -0.2) is 0 Å². The first-order chi connectivity index (χ1) is 7.74. The topological polar surface area (TPSA) is 29.5 Å². The van der Waals surface area contributed by atoms with Crippen LogP contribution in [0.5, 0.6) is 0 Å². The molecule has 1 aliphatic rings. The summed E-state index contributed by atoms with van der Waals surface area (Å²) in [5.41, 5.74) is 1.14. The van der Waals surface area contributed by atoms with Gasteiger partial charge in [0.25, 0.3) is 0 Å². The van der Waals surface area contributed by atoms with Gasteiger partial charge in [-0.2, -0.15) is 0 Å². The van der Waals surface area contributed by atoms with Gasteiger partial charge in [-0.15, -0.1) is 0 Å². The van der Waals surface area contributed by atoms with Crippen molar-refractivity contribution in [2.45, 2.75) is 25.4 Å². The van der Waals surface area contributed by atoms with Crippen LogP contribution in [0.4, 0.5) is 0 Å². The summed E-state index contributed by atoms with van der Waals surface area (Å²) in [5, 5.41) is 10.7. The lowest BCUT2D eigenvalue weighted by Gasteiger charge is -2.14. The zero-order valence-electron chi connectivity index (χ0n) is 9.23. The first-order valence-electron chi connectivity index (χ1n) is 5.74. The Morgan fingerprint density at radius 3 is 2.75 bits per heavy atom. The molecule has 1 heterocycles. The van der Waals surface area contributed by atoms with E-state index in [4.69, 9.17) is 16.3 Å². The molecule has 0 spiro atoms. The number of rotatable bonds is 4. The van der Waals surface area contributed by atoms with Crippen molar-refractivity contribution in [3.05, 3.63) is 34.9 Å². The molecule has 88 valence electrons. The van der Waals surface area contributed by atoms with E-state index in [1.54, 1.807) is 0 Å². The van der Waals surface area contributed by atoms with Crippen molar-refractivity contribution in [3.8, 4) is 0 Å². The molecule has 2 unspecified atom stereocenters. The van der Waals surface area contributed by atoms with E-state index in [0.29, 0.717) is 12.3 Å². The predicted octanol–water partition coefficient (Wildman–Crippen LogP) is 2.67. The molecule has 3 heteroatoms. The van der Waals surface area contributed by atoms with E-state index in [0.717, 1.165) is 36.6 Å². The van der Waals surface area contributed by atoms with Crippen LogP contribution in [0.1, 0.15) is 18.4 Å². The Balaban J connectivity index is 1.81. The number of hydrogen-bond donors (Lipinski definition) is 1. The van der Waals surface area contributed by atoms with Crippen molar-refractivity contribution in [2.24, 2.45) is 5.92 Å². The minimum atomic E-state index is -0.270. The quantitative estimate of drug-likeness (QED) is 0.877. The molecule has 0 bridgehead atoms. The van der Waals surface area contributed by atoms with Gasteiger partial charge in [0.15, 0.2) is 0 Å². The van der Waals surface area contributed by atoms with Crippen LogP contribution in [0.15, 0.2) is 24.3 Å². The second kappa shape index (κ2) is 5.67. The van der Waals surface area contributed by atoms with E-state index in [-0.39, 0.29) is 6.10 Å². The molecule has 1 fully saturated rings. The van der Waals surface area contributed by atoms with Gasteiger partial charge in [0.1, 0.15) is 0 Å². The lowest BCUT2D eigenvalue weighted by atomic mass is 9.97. The molecule has 1 aromatic carbocycles. The molecule has 0 saturated carbocycles. The fourth-order valence-electron chi connectivity index (χ4n) is 2.13. The molecular weight excluding hydrogens is 224 g/mol. The SMILES string of the molecule is OC(Cc1ccc(Cl)cc1)CC1CCOC1. The maximum atomic E-state index is 9.94. The van der Waals surface area contributed by atoms with Crippen LogP contribution in [0, 0.1) is 5.92 Å². The van der Waals surface area contributed by atoms with E-state index in [2.05, 4.69) is 0 Å². The van der Waals surface area contributed by atoms with Crippen molar-refractivity contribution in [1.29, 1.82) is 0 Å². The second-order valence-electron chi connectivity index (χ2n) is 4.45. The lowest BCUT2D eigenvalue weighted by molar-refractivity contribution is 0.129. The van der Waals surface area contributed by atoms with Gasteiger partial charge in [0.05, 0.1) is 6.10 Å². The van der Waals surface area contributed by atoms with Gasteiger partial charge < -0.3 is 9.84 Å². The molecular formula is C13H17ClO2. The maximum absolute atomic E-state index is 9.94. The van der Waals surface area contributed by atoms with Crippen molar-refractivity contribution in [2.75, 3.05) is 13.2 Å². The summed E-state index contributed by atoms with van der Waals surface area (Å²) in [7, 11) is 0. The first kappa shape index (κ1) is 11.9. The molecule has 0 radical (unpaired) electrons. The Morgan fingerprint density at radius 2 is 2.12 bits per heavy atom. The molecule has 16 heavy (non-hydrogen) atoms. The van der Waals surface area contributed by atoms with Crippen molar-refractivity contribution >= 4 is 11.6 Å². The Hall–Kier alpha value is -0.570. The molecule has 1 aromatic rings. The van der Waals surface area contributed by atoms with Gasteiger partial charge in [-0.1, -0.05) is 23.7 Å². The average molecular weight is 241 g/mol. The van der Waals surface area contributed by atoms with E-state index < -0.39 is 0 Å². The summed E-state index contributed by atoms with van der Waals surface area (Å²) in [6, 6.07) is 7.66. The third-order valence-corrected chi connectivity index (χ3v) is 3.27. The largest absolute Gasteiger partial charge is 0.393 e. The fraction of sp³-hybridized carbons (Fsp3) is 0.538. The molecule has 1 aliphatic heterocycles. The Kier molecular flexibility index (Phi) is 4.22. The van der Waals surface area contributed by atoms with Crippen LogP contribution in [0.3, 0.4) is 0 Å². The summed E-state index contributed by atoms with van der Waals surface area (Å²) in [5.74, 6) is 0.530. The molecule has 2 nitrogen and oxygen atoms in total. The van der Waals surface area contributed by atoms with E-state index in [1.807, 2.05) is 24.3 Å². The summed E-state index contributed by atoms with van der Waals surface area (Å²) >= 11 is 5.81. The Labute approximate surface area is 101 Å². The number of aliphatic hydroxyl groups excluding tert-OH is 1. The van der Waals surface area contributed by atoms with Crippen LogP contribution in [0.25, 0.3) is 0 Å². The number of halogens is 1. The maximum Gasteiger partial charge on any atom is 0.0584 e. The minimum absolute atomic E-state index is 0.270. The molecule has 2 atom stereocenters. The third kappa shape index (κ3) is 3.48. The molecule has 1 saturated heterocycles. The highest BCUT2D eigenvalue weighted by molar-refractivity contribution is 6.30. The third-order valence-electron chi connectivity index (χ3n) is 3.01. The van der Waals surface area contributed by atoms with Gasteiger partial charge in [-0.05, 0) is 42.9 Å². The number of aliphatic hydroxyl groups is 1. The zero-order valence-corrected chi connectivity index (χ0v) is 9.99. The van der Waals surface area contributed by atoms with Gasteiger partial charge in [-0.3, -0.25) is 0 Å². The summed E-state index contributed by atoms with van der Waals surface area (Å²) in [4.78, 5) is 0. The second-order valence-corrected chi connectivity index (χ2v) is 4.89. The van der Waals surface area contributed by atoms with Crippen molar-refractivity contribution < 1.29 is 9.84 Å².